The number of hydrogen-bond acceptors (Lipinski definition) is 4. The van der Waals surface area contributed by atoms with Gasteiger partial charge in [0.1, 0.15) is 11.8 Å². The molecule has 0 aliphatic carbocycles. The molecule has 1 heterocycles. The van der Waals surface area contributed by atoms with E-state index >= 15 is 0 Å². The monoisotopic (exact) mass is 366 g/mol. The zero-order chi connectivity index (χ0) is 19.9. The van der Waals surface area contributed by atoms with Crippen LogP contribution in [0, 0.1) is 10.1 Å². The number of benzene rings is 2. The topological polar surface area (TPSA) is 102 Å². The summed E-state index contributed by atoms with van der Waals surface area (Å²) in [6, 6.07) is 11.5. The zero-order valence-corrected chi connectivity index (χ0v) is 15.1. The van der Waals surface area contributed by atoms with Gasteiger partial charge in [-0.25, -0.2) is 9.36 Å². The van der Waals surface area contributed by atoms with Crippen LogP contribution in [-0.4, -0.2) is 27.0 Å². The van der Waals surface area contributed by atoms with Gasteiger partial charge in [0, 0.05) is 17.0 Å². The van der Waals surface area contributed by atoms with Crippen LogP contribution < -0.4 is 0 Å². The third-order valence-corrected chi connectivity index (χ3v) is 4.39. The van der Waals surface area contributed by atoms with Gasteiger partial charge in [0.2, 0.25) is 0 Å². The SMILES string of the molecule is CC(C)(C)c1c(-c2ccccc2)n(C(=O)O)c2c([N+](=O)[O-])cc(C=O)cc12. The van der Waals surface area contributed by atoms with E-state index < -0.39 is 22.1 Å². The van der Waals surface area contributed by atoms with E-state index in [0.29, 0.717) is 28.5 Å². The van der Waals surface area contributed by atoms with Crippen LogP contribution in [0.2, 0.25) is 0 Å². The summed E-state index contributed by atoms with van der Waals surface area (Å²) in [6.07, 6.45) is -0.796. The highest BCUT2D eigenvalue weighted by atomic mass is 16.6. The van der Waals surface area contributed by atoms with Gasteiger partial charge in [-0.2, -0.15) is 0 Å². The number of rotatable bonds is 3. The highest BCUT2D eigenvalue weighted by molar-refractivity contribution is 6.05. The van der Waals surface area contributed by atoms with Gasteiger partial charge in [-0.1, -0.05) is 51.1 Å². The summed E-state index contributed by atoms with van der Waals surface area (Å²) in [6.45, 7) is 5.71. The summed E-state index contributed by atoms with van der Waals surface area (Å²) in [5.74, 6) is 0. The lowest BCUT2D eigenvalue weighted by molar-refractivity contribution is -0.383. The summed E-state index contributed by atoms with van der Waals surface area (Å²) in [7, 11) is 0. The minimum Gasteiger partial charge on any atom is -0.464 e. The standard InChI is InChI=1S/C20H18N2O5/c1-20(2,3)16-14-9-12(11-23)10-15(22(26)27)18(14)21(19(24)25)17(16)13-7-5-4-6-8-13/h4-11H,1-3H3,(H,24,25). The van der Waals surface area contributed by atoms with Crippen LogP contribution in [0.15, 0.2) is 42.5 Å². The third kappa shape index (κ3) is 2.97. The molecule has 3 aromatic rings. The predicted octanol–water partition coefficient (Wildman–Crippen LogP) is 4.85. The number of carbonyl (C=O) groups is 2. The Morgan fingerprint density at radius 3 is 2.30 bits per heavy atom. The van der Waals surface area contributed by atoms with E-state index in [4.69, 9.17) is 0 Å². The predicted molar refractivity (Wildman–Crippen MR) is 102 cm³/mol. The quantitative estimate of drug-likeness (QED) is 0.405. The maximum Gasteiger partial charge on any atom is 0.416 e. The van der Waals surface area contributed by atoms with Gasteiger partial charge in [0.25, 0.3) is 5.69 Å². The second-order valence-corrected chi connectivity index (χ2v) is 7.27. The van der Waals surface area contributed by atoms with E-state index in [1.807, 2.05) is 20.8 Å². The Bertz CT molecular complexity index is 1080. The molecule has 7 nitrogen and oxygen atoms in total. The van der Waals surface area contributed by atoms with Gasteiger partial charge >= 0.3 is 6.09 Å². The maximum absolute atomic E-state index is 12.1. The Kier molecular flexibility index (Phi) is 4.31. The largest absolute Gasteiger partial charge is 0.464 e. The molecule has 0 aliphatic heterocycles. The van der Waals surface area contributed by atoms with Crippen LogP contribution >= 0.6 is 0 Å². The smallest absolute Gasteiger partial charge is 0.416 e. The molecular weight excluding hydrogens is 348 g/mol. The molecule has 0 amide bonds. The molecule has 2 aromatic carbocycles. The van der Waals surface area contributed by atoms with E-state index in [2.05, 4.69) is 0 Å². The van der Waals surface area contributed by atoms with E-state index in [1.165, 1.54) is 6.07 Å². The Morgan fingerprint density at radius 2 is 1.81 bits per heavy atom. The minimum absolute atomic E-state index is 0.0260. The highest BCUT2D eigenvalue weighted by Gasteiger charge is 2.33. The first-order chi connectivity index (χ1) is 12.7. The van der Waals surface area contributed by atoms with Crippen LogP contribution in [0.3, 0.4) is 0 Å². The van der Waals surface area contributed by atoms with E-state index in [0.717, 1.165) is 10.6 Å². The molecule has 0 saturated carbocycles. The summed E-state index contributed by atoms with van der Waals surface area (Å²) < 4.78 is 0.956. The Hall–Kier alpha value is -3.48. The molecule has 27 heavy (non-hydrogen) atoms. The molecule has 1 aromatic heterocycles. The number of carboxylic acid groups (broad SMARTS) is 1. The summed E-state index contributed by atoms with van der Waals surface area (Å²) in [5.41, 5.74) is 0.797. The van der Waals surface area contributed by atoms with Crippen LogP contribution in [0.1, 0.15) is 36.7 Å². The molecule has 0 spiro atoms. The van der Waals surface area contributed by atoms with E-state index in [-0.39, 0.29) is 11.1 Å². The molecular formula is C20H18N2O5. The molecule has 1 N–H and O–H groups in total. The number of nitro groups is 1. The molecule has 0 bridgehead atoms. The van der Waals surface area contributed by atoms with Crippen molar-refractivity contribution in [1.82, 2.24) is 4.57 Å². The maximum atomic E-state index is 12.1. The van der Waals surface area contributed by atoms with Crippen LogP contribution in [0.4, 0.5) is 10.5 Å². The Labute approximate surface area is 155 Å². The van der Waals surface area contributed by atoms with Gasteiger partial charge < -0.3 is 5.11 Å². The number of fused-ring (bicyclic) bond motifs is 1. The number of aromatic nitrogens is 1. The van der Waals surface area contributed by atoms with Crippen molar-refractivity contribution in [3.05, 3.63) is 63.7 Å². The van der Waals surface area contributed by atoms with Crippen molar-refractivity contribution >= 4 is 29.0 Å². The second kappa shape index (κ2) is 6.35. The van der Waals surface area contributed by atoms with Crippen LogP contribution in [0.5, 0.6) is 0 Å². The van der Waals surface area contributed by atoms with Crippen molar-refractivity contribution in [2.24, 2.45) is 0 Å². The molecule has 7 heteroatoms. The Morgan fingerprint density at radius 1 is 1.19 bits per heavy atom. The van der Waals surface area contributed by atoms with Crippen LogP contribution in [-0.2, 0) is 5.41 Å². The fourth-order valence-corrected chi connectivity index (χ4v) is 3.44. The lowest BCUT2D eigenvalue weighted by Crippen LogP contribution is -2.15. The molecule has 0 fully saturated rings. The zero-order valence-electron chi connectivity index (χ0n) is 15.1. The number of non-ortho nitro benzene ring substituents is 1. The molecule has 138 valence electrons. The van der Waals surface area contributed by atoms with Gasteiger partial charge in [-0.05, 0) is 22.6 Å². The molecule has 0 atom stereocenters. The highest BCUT2D eigenvalue weighted by Crippen LogP contribution is 2.44. The van der Waals surface area contributed by atoms with Crippen molar-refractivity contribution in [3.8, 4) is 11.3 Å². The van der Waals surface area contributed by atoms with Gasteiger partial charge in [-0.3, -0.25) is 14.9 Å². The molecule has 0 saturated heterocycles. The average Bonchev–Trinajstić information content (AvgIpc) is 2.96. The number of hydrogen-bond donors (Lipinski definition) is 1. The molecule has 0 aliphatic rings. The molecule has 0 unspecified atom stereocenters. The summed E-state index contributed by atoms with van der Waals surface area (Å²) in [4.78, 5) is 34.5. The summed E-state index contributed by atoms with van der Waals surface area (Å²) >= 11 is 0. The molecule has 0 radical (unpaired) electrons. The molecule has 3 rings (SSSR count). The van der Waals surface area contributed by atoms with Crippen molar-refractivity contribution in [2.45, 2.75) is 26.2 Å². The Balaban J connectivity index is 2.66. The van der Waals surface area contributed by atoms with Crippen molar-refractivity contribution in [2.75, 3.05) is 0 Å². The van der Waals surface area contributed by atoms with Crippen molar-refractivity contribution in [3.63, 3.8) is 0 Å². The average molecular weight is 366 g/mol. The van der Waals surface area contributed by atoms with E-state index in [9.17, 15) is 24.8 Å². The lowest BCUT2D eigenvalue weighted by atomic mass is 9.83. The first kappa shape index (κ1) is 18.3. The second-order valence-electron chi connectivity index (χ2n) is 7.27. The fraction of sp³-hybridized carbons (Fsp3) is 0.200. The van der Waals surface area contributed by atoms with E-state index in [1.54, 1.807) is 30.3 Å². The number of aldehydes is 1. The number of nitrogens with zero attached hydrogens (tertiary/aromatic N) is 2. The van der Waals surface area contributed by atoms with Crippen molar-refractivity contribution in [1.29, 1.82) is 0 Å². The minimum atomic E-state index is -1.32. The van der Waals surface area contributed by atoms with Crippen molar-refractivity contribution < 1.29 is 19.6 Å². The fourth-order valence-electron chi connectivity index (χ4n) is 3.44. The summed E-state index contributed by atoms with van der Waals surface area (Å²) in [5, 5.41) is 21.9. The first-order valence-electron chi connectivity index (χ1n) is 8.28. The normalized spacial score (nSPS) is 11.5. The first-order valence-corrected chi connectivity index (χ1v) is 8.28. The van der Waals surface area contributed by atoms with Gasteiger partial charge in [0.15, 0.2) is 0 Å². The lowest BCUT2D eigenvalue weighted by Gasteiger charge is -2.21. The van der Waals surface area contributed by atoms with Crippen LogP contribution in [0.25, 0.3) is 22.2 Å². The third-order valence-electron chi connectivity index (χ3n) is 4.39. The number of nitro benzene ring substituents is 1. The van der Waals surface area contributed by atoms with Gasteiger partial charge in [-0.15, -0.1) is 0 Å². The van der Waals surface area contributed by atoms with Gasteiger partial charge in [0.05, 0.1) is 10.6 Å². The number of carbonyl (C=O) groups excluding carboxylic acids is 1.